The maximum Gasteiger partial charge on any atom is 0.416 e. The third kappa shape index (κ3) is 6.07. The number of hydrogen-bond acceptors (Lipinski definition) is 3. The van der Waals surface area contributed by atoms with Gasteiger partial charge in [0.05, 0.1) is 12.1 Å². The van der Waals surface area contributed by atoms with Gasteiger partial charge in [0, 0.05) is 6.54 Å². The molecule has 0 spiro atoms. The van der Waals surface area contributed by atoms with Crippen LogP contribution in [0.1, 0.15) is 24.5 Å². The van der Waals surface area contributed by atoms with Crippen LogP contribution in [0.2, 0.25) is 0 Å². The maximum absolute atomic E-state index is 12.8. The van der Waals surface area contributed by atoms with E-state index in [4.69, 9.17) is 9.84 Å². The Bertz CT molecular complexity index is 747. The van der Waals surface area contributed by atoms with E-state index >= 15 is 0 Å². The number of nitrogens with zero attached hydrogens (tertiary/aromatic N) is 1. The molecule has 0 amide bonds. The fourth-order valence-corrected chi connectivity index (χ4v) is 2.56. The van der Waals surface area contributed by atoms with E-state index in [9.17, 15) is 18.0 Å². The Kier molecular flexibility index (Phi) is 6.63. The molecule has 0 aromatic heterocycles. The summed E-state index contributed by atoms with van der Waals surface area (Å²) in [5, 5.41) is 8.97. The second kappa shape index (κ2) is 8.71. The van der Waals surface area contributed by atoms with E-state index in [1.54, 1.807) is 23.1 Å². The van der Waals surface area contributed by atoms with Gasteiger partial charge in [0.2, 0.25) is 0 Å². The van der Waals surface area contributed by atoms with Crippen molar-refractivity contribution in [2.75, 3.05) is 13.1 Å². The smallest absolute Gasteiger partial charge is 0.416 e. The van der Waals surface area contributed by atoms with Gasteiger partial charge in [0.15, 0.2) is 0 Å². The zero-order valence-electron chi connectivity index (χ0n) is 14.3. The van der Waals surface area contributed by atoms with Crippen molar-refractivity contribution in [3.05, 3.63) is 59.7 Å². The average Bonchev–Trinajstić information content (AvgIpc) is 2.54. The van der Waals surface area contributed by atoms with Crippen LogP contribution in [0.4, 0.5) is 13.2 Å². The molecule has 0 aliphatic heterocycles. The summed E-state index contributed by atoms with van der Waals surface area (Å²) in [5.41, 5.74) is 0.0471. The molecule has 0 unspecified atom stereocenters. The molecule has 0 bridgehead atoms. The van der Waals surface area contributed by atoms with Crippen molar-refractivity contribution < 1.29 is 27.8 Å². The fourth-order valence-electron chi connectivity index (χ4n) is 2.56. The molecule has 0 fully saturated rings. The lowest BCUT2D eigenvalue weighted by Crippen LogP contribution is -2.30. The zero-order valence-corrected chi connectivity index (χ0v) is 14.3. The van der Waals surface area contributed by atoms with Crippen molar-refractivity contribution in [1.82, 2.24) is 4.90 Å². The molecular formula is C19H20F3NO3. The number of aliphatic carboxylic acids is 1. The van der Waals surface area contributed by atoms with Crippen LogP contribution in [0.5, 0.6) is 11.5 Å². The van der Waals surface area contributed by atoms with Crippen molar-refractivity contribution in [3.63, 3.8) is 0 Å². The SMILES string of the molecule is CCCN(CC(=O)O)Cc1cccc(Oc2cccc(C(F)(F)F)c2)c1. The number of carboxylic acid groups (broad SMARTS) is 1. The highest BCUT2D eigenvalue weighted by Crippen LogP contribution is 2.32. The van der Waals surface area contributed by atoms with Gasteiger partial charge in [-0.1, -0.05) is 25.1 Å². The number of halogens is 3. The molecule has 0 atom stereocenters. The second-order valence-corrected chi connectivity index (χ2v) is 5.88. The first-order valence-corrected chi connectivity index (χ1v) is 8.16. The highest BCUT2D eigenvalue weighted by molar-refractivity contribution is 5.69. The van der Waals surface area contributed by atoms with Gasteiger partial charge in [-0.15, -0.1) is 0 Å². The molecule has 2 aromatic rings. The molecule has 2 aromatic carbocycles. The molecule has 0 radical (unpaired) electrons. The van der Waals surface area contributed by atoms with Gasteiger partial charge < -0.3 is 9.84 Å². The van der Waals surface area contributed by atoms with Crippen molar-refractivity contribution in [3.8, 4) is 11.5 Å². The highest BCUT2D eigenvalue weighted by atomic mass is 19.4. The lowest BCUT2D eigenvalue weighted by Gasteiger charge is -2.19. The summed E-state index contributed by atoms with van der Waals surface area (Å²) in [7, 11) is 0. The van der Waals surface area contributed by atoms with Gasteiger partial charge >= 0.3 is 12.1 Å². The summed E-state index contributed by atoms with van der Waals surface area (Å²) in [6.45, 7) is 2.93. The van der Waals surface area contributed by atoms with Crippen LogP contribution in [0.3, 0.4) is 0 Å². The number of rotatable bonds is 8. The Hall–Kier alpha value is -2.54. The van der Waals surface area contributed by atoms with E-state index < -0.39 is 17.7 Å². The third-order valence-corrected chi connectivity index (χ3v) is 3.60. The summed E-state index contributed by atoms with van der Waals surface area (Å²) in [6, 6.07) is 11.6. The molecular weight excluding hydrogens is 347 g/mol. The predicted molar refractivity (Wildman–Crippen MR) is 91.2 cm³/mol. The summed E-state index contributed by atoms with van der Waals surface area (Å²) >= 11 is 0. The number of benzene rings is 2. The van der Waals surface area contributed by atoms with Crippen molar-refractivity contribution >= 4 is 5.97 Å². The van der Waals surface area contributed by atoms with Gasteiger partial charge in [0.25, 0.3) is 0 Å². The molecule has 26 heavy (non-hydrogen) atoms. The fraction of sp³-hybridized carbons (Fsp3) is 0.316. The number of carboxylic acids is 1. The average molecular weight is 367 g/mol. The standard InChI is InChI=1S/C19H20F3NO3/c1-2-9-23(13-18(24)25)12-14-5-3-7-16(10-14)26-17-8-4-6-15(11-17)19(20,21)22/h3-8,10-11H,2,9,12-13H2,1H3,(H,24,25). The Morgan fingerprint density at radius 2 is 1.77 bits per heavy atom. The van der Waals surface area contributed by atoms with Crippen LogP contribution in [-0.4, -0.2) is 29.1 Å². The Morgan fingerprint density at radius 3 is 2.38 bits per heavy atom. The number of ether oxygens (including phenoxy) is 1. The number of hydrogen-bond donors (Lipinski definition) is 1. The van der Waals surface area contributed by atoms with Crippen molar-refractivity contribution in [2.24, 2.45) is 0 Å². The van der Waals surface area contributed by atoms with E-state index in [1.165, 1.54) is 12.1 Å². The van der Waals surface area contributed by atoms with Crippen LogP contribution in [0, 0.1) is 0 Å². The van der Waals surface area contributed by atoms with E-state index in [2.05, 4.69) is 0 Å². The topological polar surface area (TPSA) is 49.8 Å². The Morgan fingerprint density at radius 1 is 1.12 bits per heavy atom. The normalized spacial score (nSPS) is 11.6. The minimum absolute atomic E-state index is 0.0768. The van der Waals surface area contributed by atoms with Gasteiger partial charge in [-0.25, -0.2) is 0 Å². The molecule has 0 heterocycles. The van der Waals surface area contributed by atoms with Crippen LogP contribution >= 0.6 is 0 Å². The molecule has 140 valence electrons. The molecule has 0 saturated carbocycles. The van der Waals surface area contributed by atoms with Crippen LogP contribution in [-0.2, 0) is 17.5 Å². The zero-order chi connectivity index (χ0) is 19.2. The second-order valence-electron chi connectivity index (χ2n) is 5.88. The summed E-state index contributed by atoms with van der Waals surface area (Å²) < 4.78 is 43.9. The van der Waals surface area contributed by atoms with Crippen molar-refractivity contribution in [2.45, 2.75) is 26.1 Å². The molecule has 2 rings (SSSR count). The monoisotopic (exact) mass is 367 g/mol. The summed E-state index contributed by atoms with van der Waals surface area (Å²) in [6.07, 6.45) is -3.62. The summed E-state index contributed by atoms with van der Waals surface area (Å²) in [4.78, 5) is 12.7. The number of alkyl halides is 3. The minimum Gasteiger partial charge on any atom is -0.480 e. The maximum atomic E-state index is 12.8. The molecule has 4 nitrogen and oxygen atoms in total. The van der Waals surface area contributed by atoms with E-state index in [0.29, 0.717) is 18.8 Å². The van der Waals surface area contributed by atoms with Crippen LogP contribution < -0.4 is 4.74 Å². The van der Waals surface area contributed by atoms with Crippen LogP contribution in [0.15, 0.2) is 48.5 Å². The molecule has 0 saturated heterocycles. The largest absolute Gasteiger partial charge is 0.480 e. The molecule has 0 aliphatic carbocycles. The van der Waals surface area contributed by atoms with Gasteiger partial charge in [0.1, 0.15) is 11.5 Å². The van der Waals surface area contributed by atoms with E-state index in [0.717, 1.165) is 24.1 Å². The lowest BCUT2D eigenvalue weighted by molar-refractivity contribution is -0.139. The quantitative estimate of drug-likeness (QED) is 0.729. The first kappa shape index (κ1) is 19.8. The third-order valence-electron chi connectivity index (χ3n) is 3.60. The molecule has 7 heteroatoms. The molecule has 1 N–H and O–H groups in total. The minimum atomic E-state index is -4.43. The Labute approximate surface area is 149 Å². The highest BCUT2D eigenvalue weighted by Gasteiger charge is 2.30. The predicted octanol–water partition coefficient (Wildman–Crippen LogP) is 4.79. The van der Waals surface area contributed by atoms with Crippen molar-refractivity contribution in [1.29, 1.82) is 0 Å². The molecule has 0 aliphatic rings. The number of carbonyl (C=O) groups is 1. The van der Waals surface area contributed by atoms with Gasteiger partial charge in [-0.2, -0.15) is 13.2 Å². The van der Waals surface area contributed by atoms with Gasteiger partial charge in [-0.3, -0.25) is 9.69 Å². The Balaban J connectivity index is 2.12. The first-order chi connectivity index (χ1) is 12.3. The van der Waals surface area contributed by atoms with E-state index in [-0.39, 0.29) is 12.3 Å². The lowest BCUT2D eigenvalue weighted by atomic mass is 10.2. The van der Waals surface area contributed by atoms with E-state index in [1.807, 2.05) is 13.0 Å². The summed E-state index contributed by atoms with van der Waals surface area (Å²) in [5.74, 6) is -0.420. The van der Waals surface area contributed by atoms with Gasteiger partial charge in [-0.05, 0) is 48.9 Å². The first-order valence-electron chi connectivity index (χ1n) is 8.16. The van der Waals surface area contributed by atoms with Crippen LogP contribution in [0.25, 0.3) is 0 Å².